The van der Waals surface area contributed by atoms with Gasteiger partial charge in [-0.05, 0) is 45.6 Å². The zero-order chi connectivity index (χ0) is 31.8. The second-order valence-electron chi connectivity index (χ2n) is 11.0. The molecule has 232 valence electrons. The first-order valence-corrected chi connectivity index (χ1v) is 14.9. The van der Waals surface area contributed by atoms with Crippen molar-refractivity contribution in [3.05, 3.63) is 54.1 Å². The highest BCUT2D eigenvalue weighted by Gasteiger charge is 2.33. The lowest BCUT2D eigenvalue weighted by molar-refractivity contribution is -0.133. The number of primary amides is 1. The van der Waals surface area contributed by atoms with Crippen molar-refractivity contribution in [2.75, 3.05) is 0 Å². The van der Waals surface area contributed by atoms with Crippen LogP contribution in [0.1, 0.15) is 65.1 Å². The Hall–Kier alpha value is -3.58. The lowest BCUT2D eigenvalue weighted by atomic mass is 9.86. The van der Waals surface area contributed by atoms with E-state index in [-0.39, 0.29) is 12.3 Å². The van der Waals surface area contributed by atoms with E-state index in [4.69, 9.17) is 15.5 Å². The number of carbonyl (C=O) groups is 4. The van der Waals surface area contributed by atoms with Gasteiger partial charge in [-0.2, -0.15) is 0 Å². The Morgan fingerprint density at radius 1 is 1.05 bits per heavy atom. The quantitative estimate of drug-likeness (QED) is 0.158. The number of rotatable bonds is 15. The van der Waals surface area contributed by atoms with Crippen LogP contribution in [0.3, 0.4) is 0 Å². The first-order valence-electron chi connectivity index (χ1n) is 13.4. The molecule has 5 atom stereocenters. The fourth-order valence-electron chi connectivity index (χ4n) is 4.78. The molecule has 1 aromatic carbocycles. The number of phosphoric acid groups is 1. The van der Waals surface area contributed by atoms with E-state index in [9.17, 15) is 23.7 Å². The molecule has 2 rings (SSSR count). The smallest absolute Gasteiger partial charge is 0.368 e. The van der Waals surface area contributed by atoms with Crippen molar-refractivity contribution >= 4 is 31.5 Å². The maximum absolute atomic E-state index is 13.2. The number of hydrogen-bond acceptors (Lipinski definition) is 7. The molecule has 0 aliphatic heterocycles. The Kier molecular flexibility index (Phi) is 12.0. The van der Waals surface area contributed by atoms with Gasteiger partial charge in [0.2, 0.25) is 23.6 Å². The molecule has 1 heterocycles. The lowest BCUT2D eigenvalue weighted by Crippen LogP contribution is -2.58. The number of nitrogens with two attached hydrogens (primary N) is 1. The fraction of sp³-hybridized carbons (Fsp3) is 0.519. The second kappa shape index (κ2) is 14.5. The average molecular weight is 609 g/mol. The van der Waals surface area contributed by atoms with Crippen LogP contribution in [0.5, 0.6) is 0 Å². The molecule has 0 aliphatic carbocycles. The molecule has 0 saturated heterocycles. The van der Waals surface area contributed by atoms with Gasteiger partial charge in [0.05, 0.1) is 12.4 Å². The van der Waals surface area contributed by atoms with Crippen LogP contribution in [0.15, 0.2) is 42.9 Å². The SMILES string of the molecule is CC(=O)NC(Cc1cncn1C(C)(C)CC(C)c1ccccc1)C(=O)NC(C)C(=O)NC(C(N)=O)C(C)OP(=O)(O)O. The van der Waals surface area contributed by atoms with Gasteiger partial charge in [-0.3, -0.25) is 23.7 Å². The largest absolute Gasteiger partial charge is 0.469 e. The maximum atomic E-state index is 13.2. The summed E-state index contributed by atoms with van der Waals surface area (Å²) in [6.45, 7) is 10.0. The molecule has 0 spiro atoms. The minimum absolute atomic E-state index is 0.0694. The van der Waals surface area contributed by atoms with Gasteiger partial charge >= 0.3 is 7.82 Å². The van der Waals surface area contributed by atoms with Gasteiger partial charge in [-0.1, -0.05) is 37.3 Å². The van der Waals surface area contributed by atoms with Crippen molar-refractivity contribution in [1.29, 1.82) is 0 Å². The average Bonchev–Trinajstić information content (AvgIpc) is 3.34. The highest BCUT2D eigenvalue weighted by molar-refractivity contribution is 7.46. The highest BCUT2D eigenvalue weighted by atomic mass is 31.2. The van der Waals surface area contributed by atoms with E-state index < -0.39 is 61.2 Å². The zero-order valence-electron chi connectivity index (χ0n) is 24.6. The molecule has 0 aliphatic rings. The number of nitrogens with one attached hydrogen (secondary N) is 3. The molecular weight excluding hydrogens is 567 g/mol. The van der Waals surface area contributed by atoms with Crippen LogP contribution in [-0.2, 0) is 40.2 Å². The molecule has 0 fully saturated rings. The Bertz CT molecular complexity index is 1290. The third-order valence-corrected chi connectivity index (χ3v) is 7.39. The van der Waals surface area contributed by atoms with E-state index in [1.807, 2.05) is 22.8 Å². The van der Waals surface area contributed by atoms with E-state index in [1.165, 1.54) is 19.4 Å². The van der Waals surface area contributed by atoms with Crippen molar-refractivity contribution in [3.63, 3.8) is 0 Å². The topological polar surface area (TPSA) is 215 Å². The van der Waals surface area contributed by atoms with Gasteiger partial charge < -0.3 is 36.0 Å². The normalized spacial score (nSPS) is 15.5. The minimum Gasteiger partial charge on any atom is -0.368 e. The van der Waals surface area contributed by atoms with Crippen LogP contribution >= 0.6 is 7.82 Å². The molecule has 15 heteroatoms. The van der Waals surface area contributed by atoms with Gasteiger partial charge in [-0.25, -0.2) is 9.55 Å². The Morgan fingerprint density at radius 3 is 2.21 bits per heavy atom. The minimum atomic E-state index is -4.98. The monoisotopic (exact) mass is 608 g/mol. The summed E-state index contributed by atoms with van der Waals surface area (Å²) in [5, 5.41) is 7.34. The highest BCUT2D eigenvalue weighted by Crippen LogP contribution is 2.38. The summed E-state index contributed by atoms with van der Waals surface area (Å²) in [7, 11) is -4.98. The molecule has 1 aromatic heterocycles. The molecule has 0 bridgehead atoms. The molecule has 2 aromatic rings. The van der Waals surface area contributed by atoms with Crippen LogP contribution in [0.25, 0.3) is 0 Å². The van der Waals surface area contributed by atoms with Crippen molar-refractivity contribution in [1.82, 2.24) is 25.5 Å². The molecule has 4 amide bonds. The summed E-state index contributed by atoms with van der Waals surface area (Å²) in [5.74, 6) is -2.88. The van der Waals surface area contributed by atoms with Gasteiger partial charge in [0.1, 0.15) is 18.1 Å². The van der Waals surface area contributed by atoms with Crippen LogP contribution in [0, 0.1) is 0 Å². The van der Waals surface area contributed by atoms with Crippen molar-refractivity contribution in [2.24, 2.45) is 5.73 Å². The lowest BCUT2D eigenvalue weighted by Gasteiger charge is -2.32. The summed E-state index contributed by atoms with van der Waals surface area (Å²) in [4.78, 5) is 72.1. The van der Waals surface area contributed by atoms with Crippen LogP contribution in [-0.4, -0.2) is 67.2 Å². The molecular formula is C27H41N6O8P. The zero-order valence-corrected chi connectivity index (χ0v) is 25.5. The summed E-state index contributed by atoms with van der Waals surface area (Å²) in [6.07, 6.45) is 2.67. The number of phosphoric ester groups is 1. The van der Waals surface area contributed by atoms with E-state index in [1.54, 1.807) is 12.5 Å². The van der Waals surface area contributed by atoms with E-state index in [0.29, 0.717) is 5.69 Å². The van der Waals surface area contributed by atoms with E-state index in [2.05, 4.69) is 58.4 Å². The van der Waals surface area contributed by atoms with Crippen LogP contribution < -0.4 is 21.7 Å². The second-order valence-corrected chi connectivity index (χ2v) is 12.2. The molecule has 0 saturated carbocycles. The van der Waals surface area contributed by atoms with Gasteiger partial charge in [-0.15, -0.1) is 0 Å². The number of benzene rings is 1. The van der Waals surface area contributed by atoms with Gasteiger partial charge in [0, 0.05) is 30.8 Å². The summed E-state index contributed by atoms with van der Waals surface area (Å²) >= 11 is 0. The number of nitrogens with zero attached hydrogens (tertiary/aromatic N) is 2. The predicted molar refractivity (Wildman–Crippen MR) is 154 cm³/mol. The van der Waals surface area contributed by atoms with Crippen LogP contribution in [0.2, 0.25) is 0 Å². The first-order chi connectivity index (χ1) is 19.4. The summed E-state index contributed by atoms with van der Waals surface area (Å²) in [6, 6.07) is 6.21. The molecule has 5 unspecified atom stereocenters. The number of aromatic nitrogens is 2. The number of amides is 4. The standard InChI is InChI=1S/C27H41N6O8P/c1-16(20-10-8-7-9-11-20)13-27(5,6)33-15-29-14-21(33)12-22(31-19(4)34)26(37)30-17(2)25(36)32-23(24(28)35)18(3)41-42(38,39)40/h7-11,14-18,22-23H,12-13H2,1-6H3,(H2,28,35)(H,30,37)(H,31,34)(H,32,36)(H2,38,39,40). The third kappa shape index (κ3) is 10.4. The van der Waals surface area contributed by atoms with Gasteiger partial charge in [0.25, 0.3) is 0 Å². The molecule has 14 nitrogen and oxygen atoms in total. The Labute approximate surface area is 245 Å². The fourth-order valence-corrected chi connectivity index (χ4v) is 5.34. The molecule has 7 N–H and O–H groups in total. The summed E-state index contributed by atoms with van der Waals surface area (Å²) in [5.41, 5.74) is 6.74. The van der Waals surface area contributed by atoms with E-state index in [0.717, 1.165) is 13.3 Å². The molecule has 0 radical (unpaired) electrons. The first kappa shape index (κ1) is 34.6. The molecule has 42 heavy (non-hydrogen) atoms. The predicted octanol–water partition coefficient (Wildman–Crippen LogP) is 0.832. The Balaban J connectivity index is 2.16. The van der Waals surface area contributed by atoms with E-state index >= 15 is 0 Å². The number of carbonyl (C=O) groups excluding carboxylic acids is 4. The number of imidazole rings is 1. The van der Waals surface area contributed by atoms with Crippen LogP contribution in [0.4, 0.5) is 0 Å². The van der Waals surface area contributed by atoms with Crippen molar-refractivity contribution in [3.8, 4) is 0 Å². The number of hydrogen-bond donors (Lipinski definition) is 6. The van der Waals surface area contributed by atoms with Crippen molar-refractivity contribution in [2.45, 2.75) is 90.1 Å². The van der Waals surface area contributed by atoms with Crippen molar-refractivity contribution < 1.29 is 38.1 Å². The third-order valence-electron chi connectivity index (χ3n) is 6.78. The summed E-state index contributed by atoms with van der Waals surface area (Å²) < 4.78 is 17.6. The van der Waals surface area contributed by atoms with Gasteiger partial charge in [0.15, 0.2) is 0 Å². The maximum Gasteiger partial charge on any atom is 0.469 e. The Morgan fingerprint density at radius 2 is 1.67 bits per heavy atom.